The number of fused-ring (bicyclic) bond motifs is 1. The standard InChI is InChI=1S/C20H18N4O2/c21-12-17-20(24-10-8-14(9-11-24)18(22)25)26-19(23-17)16-7-3-5-13-4-1-2-6-15(13)16/h1-7,14H,8-11H2,(H2,22,25). The number of hydrogen-bond donors (Lipinski definition) is 1. The van der Waals surface area contributed by atoms with Gasteiger partial charge >= 0.3 is 0 Å². The number of aromatic nitrogens is 1. The van der Waals surface area contributed by atoms with Gasteiger partial charge in [-0.05, 0) is 29.7 Å². The molecule has 2 N–H and O–H groups in total. The van der Waals surface area contributed by atoms with Crippen molar-refractivity contribution in [2.75, 3.05) is 18.0 Å². The van der Waals surface area contributed by atoms with Crippen molar-refractivity contribution in [3.63, 3.8) is 0 Å². The minimum absolute atomic E-state index is 0.114. The van der Waals surface area contributed by atoms with Crippen LogP contribution in [0.2, 0.25) is 0 Å². The second kappa shape index (κ2) is 6.52. The highest BCUT2D eigenvalue weighted by atomic mass is 16.4. The number of oxazole rings is 1. The van der Waals surface area contributed by atoms with Crippen molar-refractivity contribution in [3.05, 3.63) is 48.2 Å². The smallest absolute Gasteiger partial charge is 0.235 e. The van der Waals surface area contributed by atoms with Gasteiger partial charge in [-0.25, -0.2) is 0 Å². The Bertz CT molecular complexity index is 1000. The molecule has 0 bridgehead atoms. The maximum atomic E-state index is 11.3. The van der Waals surface area contributed by atoms with Crippen molar-refractivity contribution >= 4 is 22.6 Å². The fraction of sp³-hybridized carbons (Fsp3) is 0.250. The van der Waals surface area contributed by atoms with Gasteiger partial charge in [-0.15, -0.1) is 0 Å². The first kappa shape index (κ1) is 16.2. The highest BCUT2D eigenvalue weighted by molar-refractivity contribution is 5.94. The molecule has 3 aromatic rings. The third-order valence-corrected chi connectivity index (χ3v) is 4.92. The van der Waals surface area contributed by atoms with E-state index in [0.29, 0.717) is 37.7 Å². The molecule has 0 unspecified atom stereocenters. The Morgan fingerprint density at radius 1 is 1.19 bits per heavy atom. The summed E-state index contributed by atoms with van der Waals surface area (Å²) in [5.74, 6) is 0.528. The van der Waals surface area contributed by atoms with E-state index in [1.807, 2.05) is 47.4 Å². The van der Waals surface area contributed by atoms with Crippen molar-refractivity contribution in [2.24, 2.45) is 11.7 Å². The Labute approximate surface area is 150 Å². The average Bonchev–Trinajstić information content (AvgIpc) is 3.12. The van der Waals surface area contributed by atoms with E-state index < -0.39 is 0 Å². The summed E-state index contributed by atoms with van der Waals surface area (Å²) in [5.41, 5.74) is 6.52. The van der Waals surface area contributed by atoms with Crippen molar-refractivity contribution in [3.8, 4) is 17.5 Å². The van der Waals surface area contributed by atoms with Gasteiger partial charge in [0, 0.05) is 24.6 Å². The SMILES string of the molecule is N#Cc1nc(-c2cccc3ccccc23)oc1N1CCC(C(N)=O)CC1. The van der Waals surface area contributed by atoms with Gasteiger partial charge in [0.05, 0.1) is 0 Å². The number of amides is 1. The third-order valence-electron chi connectivity index (χ3n) is 4.92. The van der Waals surface area contributed by atoms with Crippen LogP contribution in [0.5, 0.6) is 0 Å². The van der Waals surface area contributed by atoms with Crippen LogP contribution in [0, 0.1) is 17.2 Å². The van der Waals surface area contributed by atoms with E-state index >= 15 is 0 Å². The van der Waals surface area contributed by atoms with Gasteiger partial charge < -0.3 is 15.1 Å². The Balaban J connectivity index is 1.70. The zero-order chi connectivity index (χ0) is 18.1. The highest BCUT2D eigenvalue weighted by Gasteiger charge is 2.28. The molecule has 1 amide bonds. The lowest BCUT2D eigenvalue weighted by Crippen LogP contribution is -2.38. The summed E-state index contributed by atoms with van der Waals surface area (Å²) in [5, 5.41) is 11.6. The van der Waals surface area contributed by atoms with Crippen LogP contribution in [0.3, 0.4) is 0 Å². The van der Waals surface area contributed by atoms with Crippen LogP contribution in [0.15, 0.2) is 46.9 Å². The number of anilines is 1. The number of nitrogens with zero attached hydrogens (tertiary/aromatic N) is 3. The first-order chi connectivity index (χ1) is 12.7. The number of carbonyl (C=O) groups excluding carboxylic acids is 1. The Kier molecular flexibility index (Phi) is 4.05. The lowest BCUT2D eigenvalue weighted by atomic mass is 9.96. The van der Waals surface area contributed by atoms with Crippen LogP contribution in [-0.4, -0.2) is 24.0 Å². The number of hydrogen-bond acceptors (Lipinski definition) is 5. The van der Waals surface area contributed by atoms with Crippen molar-refractivity contribution in [1.82, 2.24) is 4.98 Å². The molecule has 0 aliphatic carbocycles. The summed E-state index contributed by atoms with van der Waals surface area (Å²) in [6.45, 7) is 1.24. The molecule has 0 saturated carbocycles. The van der Waals surface area contributed by atoms with Crippen LogP contribution >= 0.6 is 0 Å². The summed E-state index contributed by atoms with van der Waals surface area (Å²) in [6.07, 6.45) is 1.31. The number of carbonyl (C=O) groups is 1. The summed E-state index contributed by atoms with van der Waals surface area (Å²) in [4.78, 5) is 17.7. The van der Waals surface area contributed by atoms with E-state index in [-0.39, 0.29) is 17.5 Å². The molecule has 6 heteroatoms. The number of benzene rings is 2. The predicted octanol–water partition coefficient (Wildman–Crippen LogP) is 3.07. The minimum atomic E-state index is -0.265. The van der Waals surface area contributed by atoms with Gasteiger partial charge in [-0.2, -0.15) is 10.2 Å². The van der Waals surface area contributed by atoms with Gasteiger partial charge in [-0.1, -0.05) is 36.4 Å². The Hall–Kier alpha value is -3.33. The molecule has 0 spiro atoms. The van der Waals surface area contributed by atoms with Crippen molar-refractivity contribution < 1.29 is 9.21 Å². The van der Waals surface area contributed by atoms with Crippen molar-refractivity contribution in [1.29, 1.82) is 5.26 Å². The monoisotopic (exact) mass is 346 g/mol. The molecule has 1 aliphatic rings. The van der Waals surface area contributed by atoms with E-state index in [1.165, 1.54) is 0 Å². The van der Waals surface area contributed by atoms with Gasteiger partial charge in [0.15, 0.2) is 0 Å². The van der Waals surface area contributed by atoms with Gasteiger partial charge in [0.1, 0.15) is 6.07 Å². The zero-order valence-electron chi connectivity index (χ0n) is 14.2. The third kappa shape index (κ3) is 2.78. The maximum absolute atomic E-state index is 11.3. The molecule has 6 nitrogen and oxygen atoms in total. The highest BCUT2D eigenvalue weighted by Crippen LogP contribution is 2.34. The minimum Gasteiger partial charge on any atom is -0.419 e. The molecule has 4 rings (SSSR count). The van der Waals surface area contributed by atoms with Crippen molar-refractivity contribution in [2.45, 2.75) is 12.8 Å². The zero-order valence-corrected chi connectivity index (χ0v) is 14.2. The van der Waals surface area contributed by atoms with E-state index in [1.54, 1.807) is 0 Å². The number of piperidine rings is 1. The fourth-order valence-corrected chi connectivity index (χ4v) is 3.49. The number of nitriles is 1. The van der Waals surface area contributed by atoms with Crippen LogP contribution < -0.4 is 10.6 Å². The van der Waals surface area contributed by atoms with E-state index in [4.69, 9.17) is 10.2 Å². The Morgan fingerprint density at radius 3 is 2.65 bits per heavy atom. The number of rotatable bonds is 3. The lowest BCUT2D eigenvalue weighted by molar-refractivity contribution is -0.122. The largest absolute Gasteiger partial charge is 0.419 e. The van der Waals surface area contributed by atoms with Gasteiger partial charge in [-0.3, -0.25) is 4.79 Å². The molecule has 0 atom stereocenters. The molecular formula is C20H18N4O2. The molecule has 1 saturated heterocycles. The first-order valence-electron chi connectivity index (χ1n) is 8.60. The molecule has 1 aliphatic heterocycles. The second-order valence-electron chi connectivity index (χ2n) is 6.47. The topological polar surface area (TPSA) is 96.2 Å². The summed E-state index contributed by atoms with van der Waals surface area (Å²) >= 11 is 0. The molecular weight excluding hydrogens is 328 g/mol. The summed E-state index contributed by atoms with van der Waals surface area (Å²) in [6, 6.07) is 16.0. The van der Waals surface area contributed by atoms with Gasteiger partial charge in [0.25, 0.3) is 0 Å². The number of nitrogens with two attached hydrogens (primary N) is 1. The maximum Gasteiger partial charge on any atom is 0.235 e. The van der Waals surface area contributed by atoms with Crippen LogP contribution in [-0.2, 0) is 4.79 Å². The molecule has 0 radical (unpaired) electrons. The quantitative estimate of drug-likeness (QED) is 0.786. The summed E-state index contributed by atoms with van der Waals surface area (Å²) in [7, 11) is 0. The summed E-state index contributed by atoms with van der Waals surface area (Å²) < 4.78 is 6.01. The van der Waals surface area contributed by atoms with Gasteiger partial charge in [0.2, 0.25) is 23.4 Å². The normalized spacial score (nSPS) is 15.1. The van der Waals surface area contributed by atoms with E-state index in [2.05, 4.69) is 11.1 Å². The predicted molar refractivity (Wildman–Crippen MR) is 98.3 cm³/mol. The number of primary amides is 1. The first-order valence-corrected chi connectivity index (χ1v) is 8.60. The second-order valence-corrected chi connectivity index (χ2v) is 6.47. The fourth-order valence-electron chi connectivity index (χ4n) is 3.49. The lowest BCUT2D eigenvalue weighted by Gasteiger charge is -2.30. The van der Waals surface area contributed by atoms with Crippen LogP contribution in [0.25, 0.3) is 22.2 Å². The molecule has 130 valence electrons. The average molecular weight is 346 g/mol. The van der Waals surface area contributed by atoms with E-state index in [0.717, 1.165) is 16.3 Å². The van der Waals surface area contributed by atoms with E-state index in [9.17, 15) is 10.1 Å². The molecule has 26 heavy (non-hydrogen) atoms. The molecule has 2 heterocycles. The van der Waals surface area contributed by atoms with Crippen LogP contribution in [0.4, 0.5) is 5.88 Å². The molecule has 2 aromatic carbocycles. The van der Waals surface area contributed by atoms with Crippen LogP contribution in [0.1, 0.15) is 18.5 Å². The Morgan fingerprint density at radius 2 is 1.92 bits per heavy atom. The molecule has 1 fully saturated rings. The molecule has 1 aromatic heterocycles.